The molecule has 2 heterocycles. The van der Waals surface area contributed by atoms with Crippen LogP contribution in [0.1, 0.15) is 18.4 Å². The molecule has 0 radical (unpaired) electrons. The average Bonchev–Trinajstić information content (AvgIpc) is 2.73. The molecule has 2 N–H and O–H groups in total. The predicted molar refractivity (Wildman–Crippen MR) is 112 cm³/mol. The number of halogens is 2. The van der Waals surface area contributed by atoms with Gasteiger partial charge < -0.3 is 15.4 Å². The molecule has 2 aromatic carbocycles. The van der Waals surface area contributed by atoms with E-state index in [-0.39, 0.29) is 18.4 Å². The topological polar surface area (TPSA) is 68.5 Å². The second-order valence-electron chi connectivity index (χ2n) is 7.15. The zero-order valence-electron chi connectivity index (χ0n) is 15.8. The number of pyridine rings is 1. The number of hydrogen-bond acceptors (Lipinski definition) is 4. The maximum atomic E-state index is 14.0. The number of nitrogens with two attached hydrogens (primary N) is 1. The summed E-state index contributed by atoms with van der Waals surface area (Å²) in [5, 5.41) is 1.26. The van der Waals surface area contributed by atoms with Gasteiger partial charge >= 0.3 is 0 Å². The fourth-order valence-corrected chi connectivity index (χ4v) is 3.83. The van der Waals surface area contributed by atoms with Crippen molar-refractivity contribution in [1.82, 2.24) is 4.98 Å². The van der Waals surface area contributed by atoms with E-state index in [4.69, 9.17) is 27.1 Å². The quantitative estimate of drug-likeness (QED) is 0.676. The van der Waals surface area contributed by atoms with Crippen molar-refractivity contribution in [3.63, 3.8) is 0 Å². The molecule has 1 saturated heterocycles. The minimum atomic E-state index is -0.399. The summed E-state index contributed by atoms with van der Waals surface area (Å²) < 4.78 is 19.9. The van der Waals surface area contributed by atoms with Crippen molar-refractivity contribution in [3.05, 3.63) is 64.9 Å². The van der Waals surface area contributed by atoms with Gasteiger partial charge in [0.2, 0.25) is 5.91 Å². The van der Waals surface area contributed by atoms with Crippen molar-refractivity contribution in [1.29, 1.82) is 0 Å². The number of nitrogens with zero attached hydrogens (tertiary/aromatic N) is 2. The van der Waals surface area contributed by atoms with Crippen molar-refractivity contribution in [2.75, 3.05) is 18.0 Å². The normalized spacial score (nSPS) is 14.9. The average molecular weight is 414 g/mol. The molecular weight excluding hydrogens is 393 g/mol. The number of primary amides is 1. The van der Waals surface area contributed by atoms with E-state index >= 15 is 0 Å². The lowest BCUT2D eigenvalue weighted by Crippen LogP contribution is -2.38. The van der Waals surface area contributed by atoms with Gasteiger partial charge in [-0.15, -0.1) is 0 Å². The second-order valence-corrected chi connectivity index (χ2v) is 7.56. The summed E-state index contributed by atoms with van der Waals surface area (Å²) in [6, 6.07) is 14.2. The fraction of sp³-hybridized carbons (Fsp3) is 0.273. The Morgan fingerprint density at radius 1 is 1.17 bits per heavy atom. The van der Waals surface area contributed by atoms with Gasteiger partial charge in [0, 0.05) is 30.0 Å². The molecule has 0 unspecified atom stereocenters. The molecule has 4 rings (SSSR count). The van der Waals surface area contributed by atoms with E-state index in [1.807, 2.05) is 30.3 Å². The molecule has 5 nitrogen and oxygen atoms in total. The van der Waals surface area contributed by atoms with E-state index in [1.165, 1.54) is 6.07 Å². The number of anilines is 1. The number of rotatable bonds is 5. The van der Waals surface area contributed by atoms with Gasteiger partial charge in [0.05, 0.1) is 5.02 Å². The van der Waals surface area contributed by atoms with Gasteiger partial charge in [-0.1, -0.05) is 29.8 Å². The van der Waals surface area contributed by atoms with E-state index in [1.54, 1.807) is 12.1 Å². The van der Waals surface area contributed by atoms with Crippen LogP contribution in [0.25, 0.3) is 10.9 Å². The first-order valence-corrected chi connectivity index (χ1v) is 9.90. The number of hydrogen-bond donors (Lipinski definition) is 1. The molecule has 1 fully saturated rings. The zero-order valence-corrected chi connectivity index (χ0v) is 16.5. The van der Waals surface area contributed by atoms with Gasteiger partial charge in [0.1, 0.15) is 29.5 Å². The largest absolute Gasteiger partial charge is 0.486 e. The molecule has 1 amide bonds. The number of benzene rings is 2. The molecular formula is C22H21ClFN3O2. The molecule has 150 valence electrons. The lowest BCUT2D eigenvalue weighted by Gasteiger charge is -2.31. The third-order valence-electron chi connectivity index (χ3n) is 5.32. The number of para-hydroxylation sites is 1. The number of amides is 1. The van der Waals surface area contributed by atoms with Crippen LogP contribution in [0.5, 0.6) is 5.75 Å². The third kappa shape index (κ3) is 4.12. The molecule has 0 atom stereocenters. The fourth-order valence-electron chi connectivity index (χ4n) is 3.62. The Bertz CT molecular complexity index is 1030. The summed E-state index contributed by atoms with van der Waals surface area (Å²) in [5.41, 5.74) is 6.44. The SMILES string of the molecule is NC(=O)C1CCN(c2ccc3cccc(OCc4c(F)cccc4Cl)c3n2)CC1. The van der Waals surface area contributed by atoms with Gasteiger partial charge in [-0.3, -0.25) is 4.79 Å². The van der Waals surface area contributed by atoms with E-state index in [2.05, 4.69) is 4.90 Å². The highest BCUT2D eigenvalue weighted by Crippen LogP contribution is 2.30. The first-order valence-electron chi connectivity index (χ1n) is 9.52. The third-order valence-corrected chi connectivity index (χ3v) is 5.68. The number of fused-ring (bicyclic) bond motifs is 1. The Labute approximate surface area is 173 Å². The number of ether oxygens (including phenoxy) is 1. The maximum Gasteiger partial charge on any atom is 0.220 e. The van der Waals surface area contributed by atoms with Crippen LogP contribution in [-0.2, 0) is 11.4 Å². The van der Waals surface area contributed by atoms with Crippen LogP contribution in [-0.4, -0.2) is 24.0 Å². The summed E-state index contributed by atoms with van der Waals surface area (Å²) in [6.07, 6.45) is 1.44. The van der Waals surface area contributed by atoms with Crippen molar-refractivity contribution in [2.45, 2.75) is 19.4 Å². The molecule has 0 bridgehead atoms. The van der Waals surface area contributed by atoms with E-state index < -0.39 is 5.82 Å². The monoisotopic (exact) mass is 413 g/mol. The summed E-state index contributed by atoms with van der Waals surface area (Å²) >= 11 is 6.10. The van der Waals surface area contributed by atoms with Crippen molar-refractivity contribution >= 4 is 34.2 Å². The van der Waals surface area contributed by atoms with E-state index in [0.29, 0.717) is 21.9 Å². The lowest BCUT2D eigenvalue weighted by atomic mass is 9.96. The van der Waals surface area contributed by atoms with Crippen molar-refractivity contribution in [3.8, 4) is 5.75 Å². The van der Waals surface area contributed by atoms with Crippen LogP contribution in [0, 0.1) is 11.7 Å². The Morgan fingerprint density at radius 2 is 1.93 bits per heavy atom. The van der Waals surface area contributed by atoms with Crippen LogP contribution in [0.3, 0.4) is 0 Å². The first-order chi connectivity index (χ1) is 14.0. The van der Waals surface area contributed by atoms with Gasteiger partial charge in [-0.05, 0) is 43.2 Å². The van der Waals surface area contributed by atoms with Gasteiger partial charge in [-0.2, -0.15) is 0 Å². The maximum absolute atomic E-state index is 14.0. The minimum absolute atomic E-state index is 0.0144. The molecule has 1 aliphatic heterocycles. The smallest absolute Gasteiger partial charge is 0.220 e. The van der Waals surface area contributed by atoms with Crippen molar-refractivity contribution < 1.29 is 13.9 Å². The standard InChI is InChI=1S/C22H21ClFN3O2/c23-17-4-2-5-18(24)16(17)13-29-19-6-1-3-14-7-8-20(26-21(14)19)27-11-9-15(10-12-27)22(25)28/h1-8,15H,9-13H2,(H2,25,28). The summed E-state index contributed by atoms with van der Waals surface area (Å²) in [4.78, 5) is 18.3. The second kappa shape index (κ2) is 8.25. The molecule has 7 heteroatoms. The van der Waals surface area contributed by atoms with Gasteiger partial charge in [0.15, 0.2) is 0 Å². The van der Waals surface area contributed by atoms with Crippen LogP contribution >= 0.6 is 11.6 Å². The van der Waals surface area contributed by atoms with Crippen molar-refractivity contribution in [2.24, 2.45) is 11.7 Å². The van der Waals surface area contributed by atoms with Crippen LogP contribution in [0.4, 0.5) is 10.2 Å². The number of carbonyl (C=O) groups is 1. The summed E-state index contributed by atoms with van der Waals surface area (Å²) in [7, 11) is 0. The highest BCUT2D eigenvalue weighted by molar-refractivity contribution is 6.31. The molecule has 1 aliphatic rings. The number of carbonyl (C=O) groups excluding carboxylic acids is 1. The summed E-state index contributed by atoms with van der Waals surface area (Å²) in [5.74, 6) is 0.675. The summed E-state index contributed by atoms with van der Waals surface area (Å²) in [6.45, 7) is 1.46. The van der Waals surface area contributed by atoms with Crippen LogP contribution < -0.4 is 15.4 Å². The molecule has 0 spiro atoms. The zero-order chi connectivity index (χ0) is 20.4. The molecule has 0 saturated carbocycles. The van der Waals surface area contributed by atoms with Gasteiger partial charge in [0.25, 0.3) is 0 Å². The van der Waals surface area contributed by atoms with Gasteiger partial charge in [-0.25, -0.2) is 9.37 Å². The van der Waals surface area contributed by atoms with Crippen LogP contribution in [0.15, 0.2) is 48.5 Å². The molecule has 3 aromatic rings. The highest BCUT2D eigenvalue weighted by Gasteiger charge is 2.24. The highest BCUT2D eigenvalue weighted by atomic mass is 35.5. The predicted octanol–water partition coefficient (Wildman–Crippen LogP) is 4.31. The lowest BCUT2D eigenvalue weighted by molar-refractivity contribution is -0.122. The molecule has 29 heavy (non-hydrogen) atoms. The van der Waals surface area contributed by atoms with Crippen LogP contribution in [0.2, 0.25) is 5.02 Å². The first kappa shape index (κ1) is 19.5. The Kier molecular flexibility index (Phi) is 5.53. The number of piperidine rings is 1. The Morgan fingerprint density at radius 3 is 2.66 bits per heavy atom. The molecule has 0 aliphatic carbocycles. The van der Waals surface area contributed by atoms with E-state index in [9.17, 15) is 9.18 Å². The Balaban J connectivity index is 1.57. The Hall–Kier alpha value is -2.86. The minimum Gasteiger partial charge on any atom is -0.486 e. The molecule has 1 aromatic heterocycles. The van der Waals surface area contributed by atoms with E-state index in [0.717, 1.165) is 37.1 Å². The number of aromatic nitrogens is 1.